The summed E-state index contributed by atoms with van der Waals surface area (Å²) < 4.78 is 13.3. The minimum absolute atomic E-state index is 0.196. The second-order valence-corrected chi connectivity index (χ2v) is 5.95. The fourth-order valence-electron chi connectivity index (χ4n) is 3.62. The van der Waals surface area contributed by atoms with Crippen molar-refractivity contribution < 1.29 is 9.50 Å². The highest BCUT2D eigenvalue weighted by molar-refractivity contribution is 5.30. The molecule has 2 aliphatic heterocycles. The van der Waals surface area contributed by atoms with Gasteiger partial charge in [0.25, 0.3) is 0 Å². The maximum Gasteiger partial charge on any atom is 0.126 e. The lowest BCUT2D eigenvalue weighted by molar-refractivity contribution is -0.0493. The van der Waals surface area contributed by atoms with E-state index in [2.05, 4.69) is 11.9 Å². The van der Waals surface area contributed by atoms with Gasteiger partial charge in [-0.3, -0.25) is 0 Å². The van der Waals surface area contributed by atoms with Gasteiger partial charge < -0.3 is 10.0 Å². The Balaban J connectivity index is 1.93. The average Bonchev–Trinajstić information content (AvgIpc) is 2.57. The third-order valence-corrected chi connectivity index (χ3v) is 4.83. The molecule has 0 amide bonds. The van der Waals surface area contributed by atoms with Gasteiger partial charge in [-0.05, 0) is 56.8 Å². The van der Waals surface area contributed by atoms with Crippen LogP contribution < -0.4 is 0 Å². The lowest BCUT2D eigenvalue weighted by Crippen LogP contribution is -2.47. The first-order chi connectivity index (χ1) is 8.49. The van der Waals surface area contributed by atoms with E-state index >= 15 is 0 Å². The number of hydrogen-bond donors (Lipinski definition) is 1. The molecule has 0 aromatic heterocycles. The van der Waals surface area contributed by atoms with Gasteiger partial charge in [-0.15, -0.1) is 0 Å². The number of aliphatic hydroxyl groups is 1. The number of rotatable bonds is 1. The molecule has 98 valence electrons. The standard InChI is InChI=1S/C15H20FNO/c1-10-7-11(3-6-14(10)16)15(18)8-12-4-5-13(9-15)17(12)2/h3,6-7,12-13,18H,4-5,8-9H2,1-2H3. The van der Waals surface area contributed by atoms with Gasteiger partial charge in [0.05, 0.1) is 5.60 Å². The van der Waals surface area contributed by atoms with Crippen LogP contribution in [0.1, 0.15) is 36.8 Å². The normalized spacial score (nSPS) is 36.0. The Morgan fingerprint density at radius 1 is 1.28 bits per heavy atom. The smallest absolute Gasteiger partial charge is 0.126 e. The van der Waals surface area contributed by atoms with E-state index in [9.17, 15) is 9.50 Å². The zero-order valence-electron chi connectivity index (χ0n) is 11.0. The second-order valence-electron chi connectivity index (χ2n) is 5.95. The third kappa shape index (κ3) is 1.77. The Bertz CT molecular complexity index is 460. The molecule has 0 spiro atoms. The van der Waals surface area contributed by atoms with Crippen LogP contribution in [0.5, 0.6) is 0 Å². The first-order valence-corrected chi connectivity index (χ1v) is 6.70. The minimum atomic E-state index is -0.767. The van der Waals surface area contributed by atoms with Crippen molar-refractivity contribution >= 4 is 0 Å². The molecule has 2 bridgehead atoms. The van der Waals surface area contributed by atoms with Crippen molar-refractivity contribution in [3.63, 3.8) is 0 Å². The molecule has 18 heavy (non-hydrogen) atoms. The molecule has 0 radical (unpaired) electrons. The average molecular weight is 249 g/mol. The number of aryl methyl sites for hydroxylation is 1. The Hall–Kier alpha value is -0.930. The van der Waals surface area contributed by atoms with E-state index in [0.717, 1.165) is 18.4 Å². The zero-order chi connectivity index (χ0) is 12.9. The van der Waals surface area contributed by atoms with Crippen LogP contribution in [0.15, 0.2) is 18.2 Å². The van der Waals surface area contributed by atoms with E-state index in [0.29, 0.717) is 17.6 Å². The lowest BCUT2D eigenvalue weighted by Gasteiger charge is -2.42. The topological polar surface area (TPSA) is 23.5 Å². The number of hydrogen-bond acceptors (Lipinski definition) is 2. The molecule has 0 saturated carbocycles. The number of piperidine rings is 1. The summed E-state index contributed by atoms with van der Waals surface area (Å²) in [6, 6.07) is 5.97. The summed E-state index contributed by atoms with van der Waals surface area (Å²) in [7, 11) is 2.15. The van der Waals surface area contributed by atoms with Gasteiger partial charge in [0, 0.05) is 12.1 Å². The molecule has 2 fully saturated rings. The Morgan fingerprint density at radius 3 is 2.44 bits per heavy atom. The van der Waals surface area contributed by atoms with Crippen LogP contribution in [-0.2, 0) is 5.60 Å². The SMILES string of the molecule is Cc1cc(C2(O)CC3CCC(C2)N3C)ccc1F. The maximum absolute atomic E-state index is 13.3. The predicted octanol–water partition coefficient (Wildman–Crippen LogP) is 2.58. The molecule has 2 saturated heterocycles. The van der Waals surface area contributed by atoms with Crippen LogP contribution >= 0.6 is 0 Å². The molecule has 3 rings (SSSR count). The highest BCUT2D eigenvalue weighted by Crippen LogP contribution is 2.45. The van der Waals surface area contributed by atoms with Crippen LogP contribution in [0.25, 0.3) is 0 Å². The largest absolute Gasteiger partial charge is 0.385 e. The van der Waals surface area contributed by atoms with Gasteiger partial charge in [0.1, 0.15) is 5.82 Å². The Labute approximate surface area is 107 Å². The first kappa shape index (κ1) is 12.1. The zero-order valence-corrected chi connectivity index (χ0v) is 11.0. The molecule has 1 aromatic carbocycles. The van der Waals surface area contributed by atoms with Crippen LogP contribution in [0.3, 0.4) is 0 Å². The molecule has 2 aliphatic rings. The van der Waals surface area contributed by atoms with E-state index in [1.54, 1.807) is 19.1 Å². The van der Waals surface area contributed by atoms with Crippen LogP contribution in [-0.4, -0.2) is 29.1 Å². The van der Waals surface area contributed by atoms with E-state index < -0.39 is 5.60 Å². The first-order valence-electron chi connectivity index (χ1n) is 6.70. The Kier molecular flexibility index (Phi) is 2.72. The molecule has 2 nitrogen and oxygen atoms in total. The molecule has 0 aliphatic carbocycles. The Morgan fingerprint density at radius 2 is 1.89 bits per heavy atom. The van der Waals surface area contributed by atoms with E-state index in [-0.39, 0.29) is 5.82 Å². The van der Waals surface area contributed by atoms with Gasteiger partial charge >= 0.3 is 0 Å². The quantitative estimate of drug-likeness (QED) is 0.827. The van der Waals surface area contributed by atoms with Gasteiger partial charge in [-0.2, -0.15) is 0 Å². The highest BCUT2D eigenvalue weighted by atomic mass is 19.1. The molecular formula is C15H20FNO. The summed E-state index contributed by atoms with van der Waals surface area (Å²) in [4.78, 5) is 2.39. The molecule has 1 aromatic rings. The van der Waals surface area contributed by atoms with Crippen molar-refractivity contribution in [2.75, 3.05) is 7.05 Å². The molecule has 2 atom stereocenters. The summed E-state index contributed by atoms with van der Waals surface area (Å²) >= 11 is 0. The lowest BCUT2D eigenvalue weighted by atomic mass is 9.80. The summed E-state index contributed by atoms with van der Waals surface area (Å²) in [5.41, 5.74) is 0.732. The van der Waals surface area contributed by atoms with Crippen molar-refractivity contribution in [2.45, 2.75) is 50.3 Å². The third-order valence-electron chi connectivity index (χ3n) is 4.83. The molecular weight excluding hydrogens is 229 g/mol. The van der Waals surface area contributed by atoms with E-state index in [1.165, 1.54) is 18.9 Å². The fourth-order valence-corrected chi connectivity index (χ4v) is 3.62. The minimum Gasteiger partial charge on any atom is -0.385 e. The number of nitrogens with zero attached hydrogens (tertiary/aromatic N) is 1. The van der Waals surface area contributed by atoms with Crippen LogP contribution in [0.2, 0.25) is 0 Å². The summed E-state index contributed by atoms with van der Waals surface area (Å²) in [5, 5.41) is 10.9. The maximum atomic E-state index is 13.3. The van der Waals surface area contributed by atoms with Crippen molar-refractivity contribution in [1.29, 1.82) is 0 Å². The summed E-state index contributed by atoms with van der Waals surface area (Å²) in [6.45, 7) is 1.76. The van der Waals surface area contributed by atoms with Crippen LogP contribution in [0, 0.1) is 12.7 Å². The van der Waals surface area contributed by atoms with Gasteiger partial charge in [0.15, 0.2) is 0 Å². The monoisotopic (exact) mass is 249 g/mol. The second kappa shape index (κ2) is 4.04. The predicted molar refractivity (Wildman–Crippen MR) is 68.8 cm³/mol. The number of fused-ring (bicyclic) bond motifs is 2. The summed E-state index contributed by atoms with van der Waals surface area (Å²) in [5.74, 6) is -0.196. The molecule has 2 heterocycles. The van der Waals surface area contributed by atoms with Gasteiger partial charge in [-0.1, -0.05) is 12.1 Å². The van der Waals surface area contributed by atoms with Crippen molar-refractivity contribution in [3.05, 3.63) is 35.1 Å². The van der Waals surface area contributed by atoms with Crippen molar-refractivity contribution in [2.24, 2.45) is 0 Å². The number of benzene rings is 1. The summed E-state index contributed by atoms with van der Waals surface area (Å²) in [6.07, 6.45) is 3.88. The fraction of sp³-hybridized carbons (Fsp3) is 0.600. The number of halogens is 1. The molecule has 2 unspecified atom stereocenters. The van der Waals surface area contributed by atoms with Crippen molar-refractivity contribution in [3.8, 4) is 0 Å². The molecule has 1 N–H and O–H groups in total. The molecule has 3 heteroatoms. The van der Waals surface area contributed by atoms with Crippen LogP contribution in [0.4, 0.5) is 4.39 Å². The van der Waals surface area contributed by atoms with Gasteiger partial charge in [0.2, 0.25) is 0 Å². The van der Waals surface area contributed by atoms with Crippen molar-refractivity contribution in [1.82, 2.24) is 4.90 Å². The highest BCUT2D eigenvalue weighted by Gasteiger charge is 2.46. The van der Waals surface area contributed by atoms with E-state index in [4.69, 9.17) is 0 Å². The van der Waals surface area contributed by atoms with E-state index in [1.807, 2.05) is 0 Å². The van der Waals surface area contributed by atoms with Gasteiger partial charge in [-0.25, -0.2) is 4.39 Å².